The van der Waals surface area contributed by atoms with Gasteiger partial charge in [-0.15, -0.1) is 0 Å². The van der Waals surface area contributed by atoms with Crippen molar-refractivity contribution in [2.24, 2.45) is 0 Å². The molecule has 0 spiro atoms. The summed E-state index contributed by atoms with van der Waals surface area (Å²) in [5, 5.41) is 17.8. The molecule has 0 heterocycles. The molecule has 2 N–H and O–H groups in total. The molecule has 5 heteroatoms. The van der Waals surface area contributed by atoms with Crippen LogP contribution in [0.1, 0.15) is 19.8 Å². The van der Waals surface area contributed by atoms with E-state index < -0.39 is 7.12 Å². The molecule has 0 aromatic heterocycles. The number of ether oxygens (including phenoxy) is 2. The summed E-state index contributed by atoms with van der Waals surface area (Å²) in [5.74, 6) is 0.657. The minimum absolute atomic E-state index is 0.255. The van der Waals surface area contributed by atoms with Gasteiger partial charge in [-0.3, -0.25) is 0 Å². The van der Waals surface area contributed by atoms with E-state index >= 15 is 0 Å². The fraction of sp³-hybridized carbons (Fsp3) is 0.455. The van der Waals surface area contributed by atoms with Crippen LogP contribution in [0.3, 0.4) is 0 Å². The number of methoxy groups -OCH3 is 1. The van der Waals surface area contributed by atoms with E-state index in [1.54, 1.807) is 31.4 Å². The molecular weight excluding hydrogens is 207 g/mol. The summed E-state index contributed by atoms with van der Waals surface area (Å²) in [6, 6.07) is 6.60. The molecule has 0 aliphatic carbocycles. The first-order valence-corrected chi connectivity index (χ1v) is 5.33. The standard InChI is InChI=1S/C11H17BO4/c1-3-4-11(15-2)16-10-7-5-9(6-8-10)12(13)14/h5-8,11,13-14H,3-4H2,1-2H3. The van der Waals surface area contributed by atoms with Gasteiger partial charge in [0, 0.05) is 13.5 Å². The van der Waals surface area contributed by atoms with Crippen molar-refractivity contribution in [3.63, 3.8) is 0 Å². The van der Waals surface area contributed by atoms with Crippen molar-refractivity contribution in [1.29, 1.82) is 0 Å². The van der Waals surface area contributed by atoms with Crippen molar-refractivity contribution in [1.82, 2.24) is 0 Å². The molecule has 1 rings (SSSR count). The minimum atomic E-state index is -1.44. The van der Waals surface area contributed by atoms with Gasteiger partial charge in [-0.25, -0.2) is 0 Å². The summed E-state index contributed by atoms with van der Waals surface area (Å²) in [6.07, 6.45) is 1.54. The van der Waals surface area contributed by atoms with Gasteiger partial charge in [0.15, 0.2) is 6.29 Å². The highest BCUT2D eigenvalue weighted by Crippen LogP contribution is 2.13. The largest absolute Gasteiger partial charge is 0.488 e. The van der Waals surface area contributed by atoms with Gasteiger partial charge in [0.05, 0.1) is 0 Å². The van der Waals surface area contributed by atoms with Crippen LogP contribution >= 0.6 is 0 Å². The summed E-state index contributed by atoms with van der Waals surface area (Å²) in [5.41, 5.74) is 0.441. The predicted molar refractivity (Wildman–Crippen MR) is 62.6 cm³/mol. The van der Waals surface area contributed by atoms with Crippen molar-refractivity contribution < 1.29 is 19.5 Å². The average molecular weight is 224 g/mol. The summed E-state index contributed by atoms with van der Waals surface area (Å²) in [6.45, 7) is 2.06. The lowest BCUT2D eigenvalue weighted by molar-refractivity contribution is -0.0583. The van der Waals surface area contributed by atoms with Crippen LogP contribution in [-0.2, 0) is 4.74 Å². The second kappa shape index (κ2) is 6.53. The van der Waals surface area contributed by atoms with E-state index in [1.165, 1.54) is 0 Å². The lowest BCUT2D eigenvalue weighted by Gasteiger charge is -2.16. The van der Waals surface area contributed by atoms with Crippen LogP contribution in [0.2, 0.25) is 0 Å². The Morgan fingerprint density at radius 1 is 1.25 bits per heavy atom. The van der Waals surface area contributed by atoms with Crippen molar-refractivity contribution >= 4 is 12.6 Å². The summed E-state index contributed by atoms with van der Waals surface area (Å²) < 4.78 is 10.7. The summed E-state index contributed by atoms with van der Waals surface area (Å²) >= 11 is 0. The molecule has 0 radical (unpaired) electrons. The Bertz CT molecular complexity index is 299. The van der Waals surface area contributed by atoms with Gasteiger partial charge in [-0.1, -0.05) is 25.5 Å². The van der Waals surface area contributed by atoms with Gasteiger partial charge in [0.1, 0.15) is 5.75 Å². The molecule has 1 atom stereocenters. The smallest absolute Gasteiger partial charge is 0.465 e. The summed E-state index contributed by atoms with van der Waals surface area (Å²) in [7, 11) is 0.162. The lowest BCUT2D eigenvalue weighted by atomic mass is 9.80. The molecule has 0 saturated carbocycles. The van der Waals surface area contributed by atoms with Gasteiger partial charge in [0.25, 0.3) is 0 Å². The first-order chi connectivity index (χ1) is 7.67. The highest BCUT2D eigenvalue weighted by molar-refractivity contribution is 6.58. The van der Waals surface area contributed by atoms with Gasteiger partial charge < -0.3 is 19.5 Å². The molecule has 4 nitrogen and oxygen atoms in total. The predicted octanol–water partition coefficient (Wildman–Crippen LogP) is 0.518. The van der Waals surface area contributed by atoms with E-state index in [4.69, 9.17) is 19.5 Å². The number of hydrogen-bond donors (Lipinski definition) is 2. The third-order valence-electron chi connectivity index (χ3n) is 2.23. The van der Waals surface area contributed by atoms with Gasteiger partial charge in [-0.2, -0.15) is 0 Å². The molecule has 0 aliphatic heterocycles. The highest BCUT2D eigenvalue weighted by Gasteiger charge is 2.11. The minimum Gasteiger partial charge on any atom is -0.465 e. The lowest BCUT2D eigenvalue weighted by Crippen LogP contribution is -2.29. The first-order valence-electron chi connectivity index (χ1n) is 5.33. The van der Waals surface area contributed by atoms with Crippen molar-refractivity contribution in [2.45, 2.75) is 26.1 Å². The molecule has 88 valence electrons. The second-order valence-electron chi connectivity index (χ2n) is 3.51. The van der Waals surface area contributed by atoms with Crippen LogP contribution in [0.5, 0.6) is 5.75 Å². The second-order valence-corrected chi connectivity index (χ2v) is 3.51. The Hall–Kier alpha value is -1.04. The van der Waals surface area contributed by atoms with E-state index in [0.717, 1.165) is 12.8 Å². The maximum Gasteiger partial charge on any atom is 0.488 e. The average Bonchev–Trinajstić information content (AvgIpc) is 2.29. The summed E-state index contributed by atoms with van der Waals surface area (Å²) in [4.78, 5) is 0. The Balaban J connectivity index is 2.60. The molecule has 0 bridgehead atoms. The first kappa shape index (κ1) is 13.0. The Morgan fingerprint density at radius 3 is 2.31 bits per heavy atom. The molecule has 0 aliphatic rings. The van der Waals surface area contributed by atoms with Crippen LogP contribution in [0.15, 0.2) is 24.3 Å². The fourth-order valence-electron chi connectivity index (χ4n) is 1.33. The molecule has 1 aromatic rings. The third kappa shape index (κ3) is 3.85. The molecule has 0 fully saturated rings. The third-order valence-corrected chi connectivity index (χ3v) is 2.23. The SMILES string of the molecule is CCCC(OC)Oc1ccc(B(O)O)cc1. The van der Waals surface area contributed by atoms with E-state index in [2.05, 4.69) is 6.92 Å². The van der Waals surface area contributed by atoms with Crippen LogP contribution in [0.4, 0.5) is 0 Å². The number of hydrogen-bond acceptors (Lipinski definition) is 4. The molecule has 16 heavy (non-hydrogen) atoms. The van der Waals surface area contributed by atoms with Crippen LogP contribution < -0.4 is 10.2 Å². The molecule has 0 saturated heterocycles. The monoisotopic (exact) mass is 224 g/mol. The van der Waals surface area contributed by atoms with Crippen molar-refractivity contribution in [2.75, 3.05) is 7.11 Å². The van der Waals surface area contributed by atoms with Crippen molar-refractivity contribution in [3.8, 4) is 5.75 Å². The zero-order valence-corrected chi connectivity index (χ0v) is 9.59. The van der Waals surface area contributed by atoms with Crippen LogP contribution in [0.25, 0.3) is 0 Å². The van der Waals surface area contributed by atoms with Crippen LogP contribution in [-0.4, -0.2) is 30.6 Å². The van der Waals surface area contributed by atoms with E-state index in [9.17, 15) is 0 Å². The van der Waals surface area contributed by atoms with E-state index in [-0.39, 0.29) is 6.29 Å². The molecule has 0 amide bonds. The van der Waals surface area contributed by atoms with Gasteiger partial charge >= 0.3 is 7.12 Å². The normalized spacial score (nSPS) is 12.2. The number of benzene rings is 1. The maximum atomic E-state index is 8.92. The Morgan fingerprint density at radius 2 is 1.88 bits per heavy atom. The highest BCUT2D eigenvalue weighted by atomic mass is 16.7. The maximum absolute atomic E-state index is 8.92. The van der Waals surface area contributed by atoms with Crippen LogP contribution in [0, 0.1) is 0 Å². The quantitative estimate of drug-likeness (QED) is 0.546. The van der Waals surface area contributed by atoms with E-state index in [1.807, 2.05) is 0 Å². The Labute approximate surface area is 96.0 Å². The molecule has 1 unspecified atom stereocenters. The Kier molecular flexibility index (Phi) is 5.32. The topological polar surface area (TPSA) is 58.9 Å². The van der Waals surface area contributed by atoms with Crippen molar-refractivity contribution in [3.05, 3.63) is 24.3 Å². The van der Waals surface area contributed by atoms with E-state index in [0.29, 0.717) is 11.2 Å². The zero-order valence-electron chi connectivity index (χ0n) is 9.59. The molecular formula is C11H17BO4. The fourth-order valence-corrected chi connectivity index (χ4v) is 1.33. The van der Waals surface area contributed by atoms with Gasteiger partial charge in [-0.05, 0) is 17.6 Å². The molecule has 1 aromatic carbocycles. The number of rotatable bonds is 6. The zero-order chi connectivity index (χ0) is 12.0. The van der Waals surface area contributed by atoms with Gasteiger partial charge in [0.2, 0.25) is 0 Å².